The van der Waals surface area contributed by atoms with Gasteiger partial charge in [0.25, 0.3) is 0 Å². The van der Waals surface area contributed by atoms with Gasteiger partial charge in [-0.3, -0.25) is 9.59 Å². The molecular formula is C10H18ClNO3. The Hall–Kier alpha value is -0.770. The Morgan fingerprint density at radius 1 is 1.40 bits per heavy atom. The smallest absolute Gasteiger partial charge is 0.325 e. The van der Waals surface area contributed by atoms with Crippen molar-refractivity contribution in [2.75, 3.05) is 25.6 Å². The average molecular weight is 236 g/mol. The number of alkyl halides is 1. The van der Waals surface area contributed by atoms with Gasteiger partial charge in [-0.2, -0.15) is 0 Å². The quantitative estimate of drug-likeness (QED) is 0.515. The fourth-order valence-electron chi connectivity index (χ4n) is 1.09. The average Bonchev–Trinajstić information content (AvgIpc) is 2.24. The van der Waals surface area contributed by atoms with E-state index in [-0.39, 0.29) is 30.2 Å². The maximum Gasteiger partial charge on any atom is 0.325 e. The van der Waals surface area contributed by atoms with E-state index in [4.69, 9.17) is 16.3 Å². The van der Waals surface area contributed by atoms with Gasteiger partial charge in [0.2, 0.25) is 5.91 Å². The summed E-state index contributed by atoms with van der Waals surface area (Å²) in [5.74, 6) is -0.492. The molecule has 0 aliphatic rings. The first kappa shape index (κ1) is 14.2. The SMILES string of the molecule is CCOC(=O)CN(CC)C(=O)C(C)CCl. The molecule has 0 saturated heterocycles. The number of halogens is 1. The maximum absolute atomic E-state index is 11.7. The van der Waals surface area contributed by atoms with Gasteiger partial charge in [-0.05, 0) is 13.8 Å². The molecule has 1 unspecified atom stereocenters. The van der Waals surface area contributed by atoms with Gasteiger partial charge in [-0.25, -0.2) is 0 Å². The second-order valence-corrected chi connectivity index (χ2v) is 3.52. The number of hydrogen-bond donors (Lipinski definition) is 0. The minimum atomic E-state index is -0.380. The van der Waals surface area contributed by atoms with Crippen LogP contribution >= 0.6 is 11.6 Å². The molecule has 0 rings (SSSR count). The molecule has 0 aromatic carbocycles. The highest BCUT2D eigenvalue weighted by Gasteiger charge is 2.20. The van der Waals surface area contributed by atoms with Crippen LogP contribution in [-0.2, 0) is 14.3 Å². The minimum Gasteiger partial charge on any atom is -0.465 e. The zero-order chi connectivity index (χ0) is 11.8. The van der Waals surface area contributed by atoms with Crippen molar-refractivity contribution in [1.29, 1.82) is 0 Å². The number of rotatable bonds is 6. The summed E-state index contributed by atoms with van der Waals surface area (Å²) in [4.78, 5) is 24.3. The number of ether oxygens (including phenoxy) is 1. The van der Waals surface area contributed by atoms with Crippen molar-refractivity contribution in [3.63, 3.8) is 0 Å². The molecule has 0 aromatic rings. The lowest BCUT2D eigenvalue weighted by atomic mass is 10.2. The van der Waals surface area contributed by atoms with E-state index in [1.807, 2.05) is 6.92 Å². The van der Waals surface area contributed by atoms with Crippen molar-refractivity contribution in [3.8, 4) is 0 Å². The number of hydrogen-bond acceptors (Lipinski definition) is 3. The maximum atomic E-state index is 11.7. The Bertz CT molecular complexity index is 221. The van der Waals surface area contributed by atoms with Crippen LogP contribution in [0.15, 0.2) is 0 Å². The van der Waals surface area contributed by atoms with Crippen molar-refractivity contribution < 1.29 is 14.3 Å². The fraction of sp³-hybridized carbons (Fsp3) is 0.800. The molecule has 0 heterocycles. The van der Waals surface area contributed by atoms with E-state index in [9.17, 15) is 9.59 Å². The highest BCUT2D eigenvalue weighted by Crippen LogP contribution is 2.04. The van der Waals surface area contributed by atoms with Gasteiger partial charge in [0.05, 0.1) is 6.61 Å². The lowest BCUT2D eigenvalue weighted by Crippen LogP contribution is -2.39. The molecule has 0 fully saturated rings. The molecule has 0 aliphatic heterocycles. The van der Waals surface area contributed by atoms with Crippen LogP contribution in [0.2, 0.25) is 0 Å². The van der Waals surface area contributed by atoms with E-state index < -0.39 is 0 Å². The Morgan fingerprint density at radius 3 is 2.40 bits per heavy atom. The van der Waals surface area contributed by atoms with Gasteiger partial charge in [-0.15, -0.1) is 11.6 Å². The summed E-state index contributed by atoms with van der Waals surface area (Å²) < 4.78 is 4.77. The second-order valence-electron chi connectivity index (χ2n) is 3.21. The fourth-order valence-corrected chi connectivity index (χ4v) is 1.22. The third-order valence-electron chi connectivity index (χ3n) is 1.97. The van der Waals surface area contributed by atoms with Crippen molar-refractivity contribution in [3.05, 3.63) is 0 Å². The summed E-state index contributed by atoms with van der Waals surface area (Å²) in [5, 5.41) is 0. The Kier molecular flexibility index (Phi) is 7.13. The summed E-state index contributed by atoms with van der Waals surface area (Å²) in [5.41, 5.74) is 0. The summed E-state index contributed by atoms with van der Waals surface area (Å²) in [6.07, 6.45) is 0. The van der Waals surface area contributed by atoms with Crippen molar-refractivity contribution in [1.82, 2.24) is 4.90 Å². The molecule has 88 valence electrons. The Labute approximate surface area is 95.5 Å². The van der Waals surface area contributed by atoms with E-state index in [0.717, 1.165) is 0 Å². The normalized spacial score (nSPS) is 12.0. The first-order valence-corrected chi connectivity index (χ1v) is 5.60. The summed E-state index contributed by atoms with van der Waals surface area (Å²) >= 11 is 5.58. The number of carbonyl (C=O) groups is 2. The zero-order valence-corrected chi connectivity index (χ0v) is 10.2. The molecule has 1 atom stereocenters. The molecular weight excluding hydrogens is 218 g/mol. The molecule has 0 aromatic heterocycles. The third-order valence-corrected chi connectivity index (χ3v) is 2.43. The molecule has 1 amide bonds. The Balaban J connectivity index is 4.24. The molecule has 15 heavy (non-hydrogen) atoms. The van der Waals surface area contributed by atoms with Crippen molar-refractivity contribution in [2.45, 2.75) is 20.8 Å². The summed E-state index contributed by atoms with van der Waals surface area (Å²) in [6.45, 7) is 6.11. The van der Waals surface area contributed by atoms with E-state index in [0.29, 0.717) is 13.2 Å². The van der Waals surface area contributed by atoms with Gasteiger partial charge in [0, 0.05) is 18.3 Å². The standard InChI is InChI=1S/C10H18ClNO3/c1-4-12(7-9(13)15-5-2)10(14)8(3)6-11/h8H,4-7H2,1-3H3. The lowest BCUT2D eigenvalue weighted by molar-refractivity contribution is -0.149. The van der Waals surface area contributed by atoms with Crippen LogP contribution in [0.3, 0.4) is 0 Å². The first-order chi connectivity index (χ1) is 7.06. The van der Waals surface area contributed by atoms with Gasteiger partial charge in [-0.1, -0.05) is 6.92 Å². The molecule has 0 aliphatic carbocycles. The van der Waals surface area contributed by atoms with Crippen LogP contribution < -0.4 is 0 Å². The highest BCUT2D eigenvalue weighted by atomic mass is 35.5. The number of esters is 1. The second kappa shape index (κ2) is 7.51. The summed E-state index contributed by atoms with van der Waals surface area (Å²) in [6, 6.07) is 0. The molecule has 0 N–H and O–H groups in total. The minimum absolute atomic E-state index is 0.00437. The van der Waals surface area contributed by atoms with Crippen LogP contribution in [0.25, 0.3) is 0 Å². The number of amides is 1. The first-order valence-electron chi connectivity index (χ1n) is 5.07. The van der Waals surface area contributed by atoms with E-state index in [1.165, 1.54) is 4.90 Å². The van der Waals surface area contributed by atoms with E-state index >= 15 is 0 Å². The van der Waals surface area contributed by atoms with Gasteiger partial charge in [0.1, 0.15) is 6.54 Å². The molecule has 5 heteroatoms. The van der Waals surface area contributed by atoms with Crippen molar-refractivity contribution >= 4 is 23.5 Å². The topological polar surface area (TPSA) is 46.6 Å². The van der Waals surface area contributed by atoms with Crippen molar-refractivity contribution in [2.24, 2.45) is 5.92 Å². The van der Waals surface area contributed by atoms with Crippen LogP contribution in [0.1, 0.15) is 20.8 Å². The van der Waals surface area contributed by atoms with Crippen LogP contribution in [0.4, 0.5) is 0 Å². The molecule has 4 nitrogen and oxygen atoms in total. The van der Waals surface area contributed by atoms with Gasteiger partial charge in [0.15, 0.2) is 0 Å². The van der Waals surface area contributed by atoms with E-state index in [2.05, 4.69) is 0 Å². The van der Waals surface area contributed by atoms with Crippen LogP contribution in [0, 0.1) is 5.92 Å². The molecule has 0 saturated carbocycles. The van der Waals surface area contributed by atoms with Crippen LogP contribution in [0.5, 0.6) is 0 Å². The highest BCUT2D eigenvalue weighted by molar-refractivity contribution is 6.19. The largest absolute Gasteiger partial charge is 0.465 e. The number of nitrogens with zero attached hydrogens (tertiary/aromatic N) is 1. The lowest BCUT2D eigenvalue weighted by Gasteiger charge is -2.22. The monoisotopic (exact) mass is 235 g/mol. The van der Waals surface area contributed by atoms with Gasteiger partial charge >= 0.3 is 5.97 Å². The predicted molar refractivity (Wildman–Crippen MR) is 58.8 cm³/mol. The Morgan fingerprint density at radius 2 is 2.00 bits per heavy atom. The molecule has 0 radical (unpaired) electrons. The van der Waals surface area contributed by atoms with Crippen LogP contribution in [-0.4, -0.2) is 42.4 Å². The van der Waals surface area contributed by atoms with Gasteiger partial charge < -0.3 is 9.64 Å². The zero-order valence-electron chi connectivity index (χ0n) is 9.46. The predicted octanol–water partition coefficient (Wildman–Crippen LogP) is 1.27. The van der Waals surface area contributed by atoms with E-state index in [1.54, 1.807) is 13.8 Å². The molecule has 0 bridgehead atoms. The number of carbonyl (C=O) groups excluding carboxylic acids is 2. The molecule has 0 spiro atoms. The summed E-state index contributed by atoms with van der Waals surface area (Å²) in [7, 11) is 0. The number of likely N-dealkylation sites (N-methyl/N-ethyl adjacent to an activating group) is 1. The third kappa shape index (κ3) is 5.02.